The van der Waals surface area contributed by atoms with Crippen LogP contribution in [0.2, 0.25) is 0 Å². The minimum absolute atomic E-state index is 0.142. The fourth-order valence-electron chi connectivity index (χ4n) is 7.00. The van der Waals surface area contributed by atoms with Crippen molar-refractivity contribution in [2.24, 2.45) is 0 Å². The zero-order valence-corrected chi connectivity index (χ0v) is 37.8. The van der Waals surface area contributed by atoms with E-state index in [1.54, 1.807) is 0 Å². The second-order valence-electron chi connectivity index (χ2n) is 16.8. The molecular weight excluding hydrogens is 703 g/mol. The molecule has 0 aromatic rings. The number of alkyl carbamates (subject to hydrolysis) is 1. The topological polar surface area (TPSA) is 97.4 Å². The average Bonchev–Trinajstić information content (AvgIpc) is 3.17. The number of unbranched alkanes of at least 4 members (excludes halogenated alkanes) is 24. The van der Waals surface area contributed by atoms with E-state index < -0.39 is 6.09 Å². The van der Waals surface area contributed by atoms with Crippen LogP contribution in [0.4, 0.5) is 4.79 Å². The van der Waals surface area contributed by atoms with E-state index >= 15 is 0 Å². The minimum Gasteiger partial charge on any atom is -0.466 e. The maximum Gasteiger partial charge on any atom is 0.407 e. The van der Waals surface area contributed by atoms with Crippen molar-refractivity contribution in [3.05, 3.63) is 0 Å². The summed E-state index contributed by atoms with van der Waals surface area (Å²) in [5.41, 5.74) is 0. The maximum absolute atomic E-state index is 12.7. The normalized spacial score (nSPS) is 11.5. The van der Waals surface area contributed by atoms with Gasteiger partial charge in [0.1, 0.15) is 6.10 Å². The molecule has 0 radical (unpaired) electrons. The largest absolute Gasteiger partial charge is 0.466 e. The Morgan fingerprint density at radius 2 is 0.821 bits per heavy atom. The number of likely N-dealkylation sites (N-methyl/N-ethyl adjacent to an activating group) is 2. The van der Waals surface area contributed by atoms with Crippen LogP contribution in [0.1, 0.15) is 219 Å². The number of hydrogen-bond donors (Lipinski definition) is 1. The first-order valence-corrected chi connectivity index (χ1v) is 23.9. The summed E-state index contributed by atoms with van der Waals surface area (Å²) in [6.45, 7) is 8.29. The van der Waals surface area contributed by atoms with E-state index in [9.17, 15) is 14.4 Å². The third kappa shape index (κ3) is 41.8. The molecule has 332 valence electrons. The Morgan fingerprint density at radius 1 is 0.464 bits per heavy atom. The summed E-state index contributed by atoms with van der Waals surface area (Å²) < 4.78 is 16.8. The van der Waals surface area contributed by atoms with E-state index in [0.29, 0.717) is 58.3 Å². The van der Waals surface area contributed by atoms with Crippen molar-refractivity contribution in [2.45, 2.75) is 225 Å². The molecule has 9 nitrogen and oxygen atoms in total. The van der Waals surface area contributed by atoms with Gasteiger partial charge in [0.2, 0.25) is 0 Å². The summed E-state index contributed by atoms with van der Waals surface area (Å²) in [5, 5.41) is 2.88. The Morgan fingerprint density at radius 3 is 1.18 bits per heavy atom. The molecule has 0 heterocycles. The Bertz CT molecular complexity index is 823. The quantitative estimate of drug-likeness (QED) is 0.0370. The van der Waals surface area contributed by atoms with Crippen LogP contribution in [-0.2, 0) is 23.8 Å². The van der Waals surface area contributed by atoms with Gasteiger partial charge in [-0.15, -0.1) is 0 Å². The van der Waals surface area contributed by atoms with E-state index in [1.165, 1.54) is 141 Å². The minimum atomic E-state index is -0.435. The number of ether oxygens (including phenoxy) is 3. The molecule has 0 rings (SSSR count). The van der Waals surface area contributed by atoms with Gasteiger partial charge in [0.05, 0.1) is 13.2 Å². The van der Waals surface area contributed by atoms with Crippen LogP contribution in [0.3, 0.4) is 0 Å². The van der Waals surface area contributed by atoms with Crippen molar-refractivity contribution in [3.63, 3.8) is 0 Å². The number of hydrogen-bond acceptors (Lipinski definition) is 8. The van der Waals surface area contributed by atoms with E-state index in [0.717, 1.165) is 45.3 Å². The van der Waals surface area contributed by atoms with Crippen molar-refractivity contribution in [1.82, 2.24) is 15.1 Å². The van der Waals surface area contributed by atoms with E-state index in [4.69, 9.17) is 14.2 Å². The van der Waals surface area contributed by atoms with Gasteiger partial charge in [-0.2, -0.15) is 0 Å². The molecule has 0 aliphatic carbocycles. The van der Waals surface area contributed by atoms with Crippen molar-refractivity contribution in [2.75, 3.05) is 60.5 Å². The molecule has 0 bridgehead atoms. The van der Waals surface area contributed by atoms with Gasteiger partial charge in [-0.3, -0.25) is 9.59 Å². The van der Waals surface area contributed by atoms with Gasteiger partial charge < -0.3 is 29.3 Å². The lowest BCUT2D eigenvalue weighted by atomic mass is 10.0. The number of carbonyl (C=O) groups excluding carboxylic acids is 3. The van der Waals surface area contributed by atoms with Crippen molar-refractivity contribution < 1.29 is 28.6 Å². The fourth-order valence-corrected chi connectivity index (χ4v) is 7.00. The van der Waals surface area contributed by atoms with Crippen LogP contribution >= 0.6 is 0 Å². The Kier molecular flexibility index (Phi) is 41.3. The molecule has 0 atom stereocenters. The predicted molar refractivity (Wildman–Crippen MR) is 235 cm³/mol. The van der Waals surface area contributed by atoms with Gasteiger partial charge in [-0.25, -0.2) is 4.79 Å². The molecule has 56 heavy (non-hydrogen) atoms. The first-order valence-electron chi connectivity index (χ1n) is 23.9. The van der Waals surface area contributed by atoms with E-state index in [2.05, 4.69) is 29.0 Å². The van der Waals surface area contributed by atoms with Gasteiger partial charge in [0.15, 0.2) is 0 Å². The van der Waals surface area contributed by atoms with Gasteiger partial charge in [0.25, 0.3) is 0 Å². The molecular formula is C47H93N3O6. The molecule has 0 saturated carbocycles. The lowest BCUT2D eigenvalue weighted by Crippen LogP contribution is -2.37. The molecule has 0 aliphatic rings. The monoisotopic (exact) mass is 796 g/mol. The summed E-state index contributed by atoms with van der Waals surface area (Å²) in [7, 11) is 6.14. The van der Waals surface area contributed by atoms with Gasteiger partial charge in [0, 0.05) is 39.0 Å². The maximum atomic E-state index is 12.7. The summed E-state index contributed by atoms with van der Waals surface area (Å²) in [5.74, 6) is -0.283. The number of esters is 2. The smallest absolute Gasteiger partial charge is 0.407 e. The molecule has 0 spiro atoms. The summed E-state index contributed by atoms with van der Waals surface area (Å²) in [6, 6.07) is 0. The lowest BCUT2D eigenvalue weighted by molar-refractivity contribution is -0.144. The SMILES string of the molecule is CCCCCCCCCCCCCCCC(=O)OCCCC(CCCOC(=O)CCCCCCCCCCCCCCC)OC(=O)NCCN(C)CCN(C)C. The molecule has 0 aliphatic heterocycles. The molecule has 1 amide bonds. The van der Waals surface area contributed by atoms with E-state index in [-0.39, 0.29) is 18.0 Å². The molecule has 0 aromatic carbocycles. The molecule has 0 fully saturated rings. The van der Waals surface area contributed by atoms with Crippen LogP contribution in [0.25, 0.3) is 0 Å². The Balaban J connectivity index is 4.24. The standard InChI is InChI=1S/C47H93N3O6/c1-6-8-10-12-14-16-18-20-22-24-26-28-30-36-45(51)54-42-32-34-44(56-47(53)48-38-39-50(5)41-40-49(3)4)35-33-43-55-46(52)37-31-29-27-25-23-21-19-17-15-13-11-9-7-2/h44H,6-43H2,1-5H3,(H,48,53). The lowest BCUT2D eigenvalue weighted by Gasteiger charge is -2.21. The first kappa shape index (κ1) is 54.1. The van der Waals surface area contributed by atoms with Gasteiger partial charge in [-0.05, 0) is 59.7 Å². The highest BCUT2D eigenvalue weighted by atomic mass is 16.6. The number of amides is 1. The van der Waals surface area contributed by atoms with Crippen LogP contribution in [0.15, 0.2) is 0 Å². The number of carbonyl (C=O) groups is 3. The second kappa shape index (κ2) is 42.7. The summed E-state index contributed by atoms with van der Waals surface area (Å²) >= 11 is 0. The third-order valence-corrected chi connectivity index (χ3v) is 10.8. The first-order chi connectivity index (χ1) is 27.3. The average molecular weight is 796 g/mol. The molecule has 0 unspecified atom stereocenters. The van der Waals surface area contributed by atoms with Gasteiger partial charge in [-0.1, -0.05) is 168 Å². The second-order valence-corrected chi connectivity index (χ2v) is 16.8. The third-order valence-electron chi connectivity index (χ3n) is 10.8. The highest BCUT2D eigenvalue weighted by Gasteiger charge is 2.16. The van der Waals surface area contributed by atoms with Crippen LogP contribution < -0.4 is 5.32 Å². The fraction of sp³-hybridized carbons (Fsp3) is 0.936. The zero-order chi connectivity index (χ0) is 41.2. The van der Waals surface area contributed by atoms with Crippen LogP contribution in [0.5, 0.6) is 0 Å². The van der Waals surface area contributed by atoms with Gasteiger partial charge >= 0.3 is 18.0 Å². The molecule has 1 N–H and O–H groups in total. The van der Waals surface area contributed by atoms with E-state index in [1.807, 2.05) is 21.1 Å². The number of nitrogens with one attached hydrogen (secondary N) is 1. The van der Waals surface area contributed by atoms with Crippen molar-refractivity contribution >= 4 is 18.0 Å². The van der Waals surface area contributed by atoms with Crippen molar-refractivity contribution in [1.29, 1.82) is 0 Å². The summed E-state index contributed by atoms with van der Waals surface area (Å²) in [4.78, 5) is 41.6. The zero-order valence-electron chi connectivity index (χ0n) is 37.8. The highest BCUT2D eigenvalue weighted by molar-refractivity contribution is 5.69. The molecule has 0 aromatic heterocycles. The summed E-state index contributed by atoms with van der Waals surface area (Å²) in [6.07, 6.45) is 35.8. The van der Waals surface area contributed by atoms with Crippen molar-refractivity contribution in [3.8, 4) is 0 Å². The molecule has 9 heteroatoms. The van der Waals surface area contributed by atoms with Crippen LogP contribution in [-0.4, -0.2) is 94.5 Å². The van der Waals surface area contributed by atoms with Crippen LogP contribution in [0, 0.1) is 0 Å². The molecule has 0 saturated heterocycles. The highest BCUT2D eigenvalue weighted by Crippen LogP contribution is 2.16. The Labute approximate surface area is 346 Å². The number of nitrogens with zero attached hydrogens (tertiary/aromatic N) is 2. The predicted octanol–water partition coefficient (Wildman–Crippen LogP) is 12.2. The number of rotatable bonds is 43. The Hall–Kier alpha value is -1.87.